The van der Waals surface area contributed by atoms with E-state index in [-0.39, 0.29) is 136 Å². The molecule has 2 N–H and O–H groups in total. The highest BCUT2D eigenvalue weighted by molar-refractivity contribution is 5.84. The first-order valence-electron chi connectivity index (χ1n) is 35.9. The topological polar surface area (TPSA) is 360 Å². The molecule has 4 rings (SSSR count). The number of carbonyl (C=O) groups excluding carboxylic acids is 9. The van der Waals surface area contributed by atoms with Crippen LogP contribution in [0.4, 0.5) is 0 Å². The number of ether oxygens (including phenoxy) is 18. The molecule has 114 heavy (non-hydrogen) atoms. The highest BCUT2D eigenvalue weighted by atomic mass is 16.9. The van der Waals surface area contributed by atoms with Crippen LogP contribution in [0.5, 0.6) is 23.0 Å². The molecule has 0 aliphatic carbocycles. The Morgan fingerprint density at radius 2 is 0.579 bits per heavy atom. The Morgan fingerprint density at radius 1 is 0.325 bits per heavy atom. The lowest BCUT2D eigenvalue weighted by atomic mass is 9.78. The van der Waals surface area contributed by atoms with Crippen LogP contribution in [0.1, 0.15) is 84.1 Å². The molecule has 0 fully saturated rings. The van der Waals surface area contributed by atoms with E-state index in [0.29, 0.717) is 29.6 Å². The third kappa shape index (κ3) is 44.1. The van der Waals surface area contributed by atoms with Crippen molar-refractivity contribution in [2.24, 2.45) is 0 Å². The zero-order valence-corrected chi connectivity index (χ0v) is 66.3. The molecule has 0 saturated heterocycles. The van der Waals surface area contributed by atoms with Gasteiger partial charge in [-0.25, -0.2) is 43.2 Å². The summed E-state index contributed by atoms with van der Waals surface area (Å²) in [6, 6.07) is 30.6. The highest BCUT2D eigenvalue weighted by Crippen LogP contribution is 2.37. The molecule has 4 aromatic carbocycles. The Labute approximate surface area is 667 Å². The smallest absolute Gasteiger partial charge is 0.330 e. The lowest BCUT2D eigenvalue weighted by Crippen LogP contribution is -2.41. The summed E-state index contributed by atoms with van der Waals surface area (Å²) in [7, 11) is 0. The Morgan fingerprint density at radius 3 is 0.868 bits per heavy atom. The van der Waals surface area contributed by atoms with Crippen molar-refractivity contribution < 1.29 is 139 Å². The van der Waals surface area contributed by atoms with Crippen molar-refractivity contribution in [3.8, 4) is 23.0 Å². The molecule has 0 heterocycles. The second-order valence-corrected chi connectivity index (χ2v) is 24.7. The fourth-order valence-electron chi connectivity index (χ4n) is 8.77. The van der Waals surface area contributed by atoms with Gasteiger partial charge < -0.3 is 95.5 Å². The van der Waals surface area contributed by atoms with Crippen LogP contribution in [0.3, 0.4) is 0 Å². The quantitative estimate of drug-likeness (QED) is 0.0136. The second-order valence-electron chi connectivity index (χ2n) is 24.7. The molecule has 0 aliphatic heterocycles. The molecule has 4 aromatic rings. The van der Waals surface area contributed by atoms with Crippen LogP contribution in [0.25, 0.3) is 0 Å². The van der Waals surface area contributed by atoms with Crippen LogP contribution >= 0.6 is 0 Å². The van der Waals surface area contributed by atoms with Gasteiger partial charge in [0.15, 0.2) is 0 Å². The molecule has 624 valence electrons. The first kappa shape index (κ1) is 101. The van der Waals surface area contributed by atoms with E-state index in [2.05, 4.69) is 86.9 Å². The third-order valence-corrected chi connectivity index (χ3v) is 15.0. The van der Waals surface area contributed by atoms with Gasteiger partial charge in [-0.1, -0.05) is 142 Å². The minimum absolute atomic E-state index is 0.0215. The lowest BCUT2D eigenvalue weighted by Gasteiger charge is -2.32. The van der Waals surface area contributed by atoms with Gasteiger partial charge in [-0.05, 0) is 91.6 Å². The highest BCUT2D eigenvalue weighted by Gasteiger charge is 2.33. The van der Waals surface area contributed by atoms with E-state index in [4.69, 9.17) is 85.3 Å². The molecule has 29 heteroatoms. The van der Waals surface area contributed by atoms with E-state index in [1.807, 2.05) is 91.9 Å². The van der Waals surface area contributed by atoms with Gasteiger partial charge in [0.1, 0.15) is 121 Å². The predicted molar refractivity (Wildman–Crippen MR) is 421 cm³/mol. The maximum Gasteiger partial charge on any atom is 0.330 e. The van der Waals surface area contributed by atoms with E-state index < -0.39 is 77.3 Å². The van der Waals surface area contributed by atoms with Crippen molar-refractivity contribution in [3.63, 3.8) is 0 Å². The van der Waals surface area contributed by atoms with E-state index in [0.717, 1.165) is 76.9 Å². The molecule has 5 unspecified atom stereocenters. The van der Waals surface area contributed by atoms with Crippen LogP contribution in [0.15, 0.2) is 211 Å². The summed E-state index contributed by atoms with van der Waals surface area (Å²) in [6.45, 7) is 46.1. The van der Waals surface area contributed by atoms with Crippen molar-refractivity contribution in [2.75, 3.05) is 112 Å². The number of hydrogen-bond acceptors (Lipinski definition) is 29. The van der Waals surface area contributed by atoms with Crippen LogP contribution in [0, 0.1) is 0 Å². The van der Waals surface area contributed by atoms with E-state index in [1.165, 1.54) is 0 Å². The summed E-state index contributed by atoms with van der Waals surface area (Å²) in [4.78, 5) is 99.4. The maximum atomic E-state index is 11.1. The van der Waals surface area contributed by atoms with Gasteiger partial charge in [0, 0.05) is 71.9 Å². The van der Waals surface area contributed by atoms with Crippen molar-refractivity contribution >= 4 is 53.7 Å². The maximum absolute atomic E-state index is 11.1. The predicted octanol–water partition coefficient (Wildman–Crippen LogP) is 10.1. The van der Waals surface area contributed by atoms with Gasteiger partial charge in [-0.2, -0.15) is 0 Å². The van der Waals surface area contributed by atoms with Gasteiger partial charge in [-0.15, -0.1) is 0 Å². The first-order chi connectivity index (χ1) is 54.3. The van der Waals surface area contributed by atoms with Gasteiger partial charge in [-0.3, -0.25) is 0 Å². The van der Waals surface area contributed by atoms with Crippen molar-refractivity contribution in [3.05, 3.63) is 233 Å². The fourth-order valence-corrected chi connectivity index (χ4v) is 8.77. The van der Waals surface area contributed by atoms with Crippen molar-refractivity contribution in [1.82, 2.24) is 0 Å². The largest absolute Gasteiger partial charge is 0.491 e. The average Bonchev–Trinajstić information content (AvgIpc) is 0.804. The molecule has 0 bridgehead atoms. The SMILES string of the molecule is C=CC(=O)OCC(C)OCC(C)OCC(C)OC(=O)C=C.C=CC(=O)OCC(O)COc1cccc(C(C)(C)c2cccc(OCC(O)COC(=O)C=C)c2)c1.C=CC(=O)OCCOC(CC)(OCCOC(=O)C=C)OCCOC(=O)C=C.C=CC(=O)OCCOc1cccc(C(C)(C)c2cccc(OCCOC(=O)C=C)c2)c1. The third-order valence-electron chi connectivity index (χ3n) is 15.0. The van der Waals surface area contributed by atoms with Gasteiger partial charge >= 0.3 is 53.7 Å². The zero-order chi connectivity index (χ0) is 85.3. The monoisotopic (exact) mass is 1590 g/mol. The number of benzene rings is 4. The molecule has 0 aromatic heterocycles. The molecule has 5 atom stereocenters. The number of aliphatic hydroxyl groups excluding tert-OH is 2. The van der Waals surface area contributed by atoms with Crippen LogP contribution < -0.4 is 18.9 Å². The van der Waals surface area contributed by atoms with Gasteiger partial charge in [0.05, 0.1) is 45.2 Å². The molecule has 0 radical (unpaired) electrons. The summed E-state index contributed by atoms with van der Waals surface area (Å²) in [5, 5.41) is 19.9. The second kappa shape index (κ2) is 57.7. The Kier molecular flexibility index (Phi) is 51.0. The minimum Gasteiger partial charge on any atom is -0.491 e. The van der Waals surface area contributed by atoms with E-state index in [1.54, 1.807) is 32.9 Å². The summed E-state index contributed by atoms with van der Waals surface area (Å²) in [5.41, 5.74) is 3.32. The fraction of sp³-hybridized carbons (Fsp3) is 0.400. The molecule has 0 aliphatic rings. The molecule has 0 amide bonds. The summed E-state index contributed by atoms with van der Waals surface area (Å²) in [5.74, 6) is -3.87. The standard InChI is InChI=1S/C27H32O8.C25H28O6.C18H26O9.C15H24O6/c1-5-25(30)34-17-21(28)15-32-23-11-7-9-19(13-23)27(3,4)20-10-8-12-24(14-20)33-16-22(29)18-35-26(31)6-2;1-5-23(26)30-15-13-28-21-11-7-9-19(17-21)25(3,4)20-10-8-12-22(18-20)29-14-16-31-24(27)6-2;1-5-15(19)22-9-12-25-18(8-4,26-13-10-23-16(20)6-2)27-14-11-24-17(21)7-3;1-6-14(16)20-9-12(4)18-8-11(3)19-10-13(5)21-15(17)7-2/h5-14,21-22,28-29H,1-2,15-18H2,3-4H3;5-12,17-18H,1-2,13-16H2,3-4H3;5-7H,1-3,8-14H2,4H3;6-7,11-13H,1-2,8-10H2,3-5H3. The van der Waals surface area contributed by atoms with Gasteiger partial charge in [0.2, 0.25) is 0 Å². The minimum atomic E-state index is -1.50. The molecule has 29 nitrogen and oxygen atoms in total. The summed E-state index contributed by atoms with van der Waals surface area (Å²) in [6.07, 6.45) is 7.14. The molecule has 0 saturated carbocycles. The number of aliphatic hydroxyl groups is 2. The molecular weight excluding hydrogens is 1480 g/mol. The van der Waals surface area contributed by atoms with Crippen LogP contribution in [0.2, 0.25) is 0 Å². The average molecular weight is 1600 g/mol. The summed E-state index contributed by atoms with van der Waals surface area (Å²) < 4.78 is 94.2. The number of rotatable bonds is 53. The zero-order valence-electron chi connectivity index (χ0n) is 66.3. The normalized spacial score (nSPS) is 12.0. The van der Waals surface area contributed by atoms with E-state index in [9.17, 15) is 53.4 Å². The molecule has 0 spiro atoms. The number of hydrogen-bond donors (Lipinski definition) is 2. The number of carbonyl (C=O) groups is 9. The van der Waals surface area contributed by atoms with Crippen LogP contribution in [-0.2, 0) is 120 Å². The number of esters is 9. The van der Waals surface area contributed by atoms with Gasteiger partial charge in [0.25, 0.3) is 5.97 Å². The molecular formula is C85H110O29. The van der Waals surface area contributed by atoms with Crippen LogP contribution in [-0.4, -0.2) is 213 Å². The van der Waals surface area contributed by atoms with Crippen molar-refractivity contribution in [1.29, 1.82) is 0 Å². The Bertz CT molecular complexity index is 3480. The van der Waals surface area contributed by atoms with E-state index >= 15 is 0 Å². The van der Waals surface area contributed by atoms with Crippen molar-refractivity contribution in [2.45, 2.75) is 109 Å². The lowest BCUT2D eigenvalue weighted by molar-refractivity contribution is -0.385. The Hall–Kier alpha value is -11.3. The Balaban J connectivity index is 0.000000772. The first-order valence-corrected chi connectivity index (χ1v) is 35.9. The summed E-state index contributed by atoms with van der Waals surface area (Å²) >= 11 is 0.